The number of likely N-dealkylation sites (tertiary alicyclic amines) is 1. The van der Waals surface area contributed by atoms with Crippen LogP contribution in [0.4, 0.5) is 4.79 Å². The van der Waals surface area contributed by atoms with Crippen molar-refractivity contribution in [2.75, 3.05) is 59.1 Å². The van der Waals surface area contributed by atoms with Crippen molar-refractivity contribution in [1.82, 2.24) is 14.7 Å². The number of rotatable bonds is 4. The molecule has 0 aromatic heterocycles. The van der Waals surface area contributed by atoms with Crippen LogP contribution in [0.15, 0.2) is 18.2 Å². The number of fused-ring (bicyclic) bond motifs is 1. The molecule has 0 N–H and O–H groups in total. The predicted molar refractivity (Wildman–Crippen MR) is 116 cm³/mol. The Kier molecular flexibility index (Phi) is 6.14. The van der Waals surface area contributed by atoms with Crippen LogP contribution in [0, 0.1) is 5.92 Å². The molecular weight excluding hydrogens is 378 g/mol. The highest BCUT2D eigenvalue weighted by Crippen LogP contribution is 2.29. The van der Waals surface area contributed by atoms with Crippen molar-refractivity contribution >= 4 is 6.03 Å². The van der Waals surface area contributed by atoms with Crippen LogP contribution in [-0.4, -0.2) is 85.9 Å². The number of morpholine rings is 1. The third kappa shape index (κ3) is 4.45. The molecule has 0 bridgehead atoms. The van der Waals surface area contributed by atoms with Crippen LogP contribution in [0.25, 0.3) is 0 Å². The predicted octanol–water partition coefficient (Wildman–Crippen LogP) is 2.79. The van der Waals surface area contributed by atoms with Gasteiger partial charge >= 0.3 is 6.03 Å². The summed E-state index contributed by atoms with van der Waals surface area (Å²) in [5, 5.41) is 0. The zero-order chi connectivity index (χ0) is 20.3. The van der Waals surface area contributed by atoms with Crippen LogP contribution in [0.3, 0.4) is 0 Å². The number of carbonyl (C=O) groups excluding carboxylic acids is 1. The van der Waals surface area contributed by atoms with Gasteiger partial charge in [-0.15, -0.1) is 0 Å². The van der Waals surface area contributed by atoms with Crippen LogP contribution in [0.2, 0.25) is 0 Å². The second-order valence-electron chi connectivity index (χ2n) is 9.34. The van der Waals surface area contributed by atoms with Crippen molar-refractivity contribution in [1.29, 1.82) is 0 Å². The number of amides is 2. The molecular formula is C24H35N3O3. The molecule has 1 aromatic rings. The van der Waals surface area contributed by atoms with Crippen LogP contribution in [0.1, 0.15) is 36.8 Å². The third-order valence-electron chi connectivity index (χ3n) is 7.43. The molecule has 0 radical (unpaired) electrons. The van der Waals surface area contributed by atoms with Gasteiger partial charge in [0.05, 0.1) is 19.8 Å². The number of nitrogens with zero attached hydrogens (tertiary/aromatic N) is 3. The van der Waals surface area contributed by atoms with Gasteiger partial charge < -0.3 is 19.3 Å². The minimum atomic E-state index is 0.168. The van der Waals surface area contributed by atoms with E-state index in [9.17, 15) is 4.79 Å². The highest BCUT2D eigenvalue weighted by atomic mass is 16.5. The fourth-order valence-electron chi connectivity index (χ4n) is 5.24. The lowest BCUT2D eigenvalue weighted by Crippen LogP contribution is -2.47. The summed E-state index contributed by atoms with van der Waals surface area (Å²) in [6.07, 6.45) is 7.50. The van der Waals surface area contributed by atoms with E-state index in [0.29, 0.717) is 38.8 Å². The molecule has 3 aliphatic heterocycles. The van der Waals surface area contributed by atoms with Crippen LogP contribution in [0.5, 0.6) is 5.75 Å². The molecule has 2 amide bonds. The average molecular weight is 414 g/mol. The van der Waals surface area contributed by atoms with Crippen molar-refractivity contribution in [2.45, 2.75) is 44.6 Å². The SMILES string of the molecule is O=C(N1CCOCC1)N1CC[C@H](COc2ccc3c(c2)CCN(C2CCC2)CC3)C1. The van der Waals surface area contributed by atoms with Crippen LogP contribution < -0.4 is 4.74 Å². The summed E-state index contributed by atoms with van der Waals surface area (Å²) in [6, 6.07) is 7.69. The monoisotopic (exact) mass is 413 g/mol. The molecule has 164 valence electrons. The van der Waals surface area contributed by atoms with Crippen molar-refractivity contribution in [3.63, 3.8) is 0 Å². The van der Waals surface area contributed by atoms with Crippen molar-refractivity contribution < 1.29 is 14.3 Å². The molecule has 6 heteroatoms. The Hall–Kier alpha value is -1.79. The van der Waals surface area contributed by atoms with Gasteiger partial charge in [0.1, 0.15) is 5.75 Å². The van der Waals surface area contributed by atoms with Gasteiger partial charge in [0.15, 0.2) is 0 Å². The number of carbonyl (C=O) groups is 1. The molecule has 30 heavy (non-hydrogen) atoms. The smallest absolute Gasteiger partial charge is 0.320 e. The second-order valence-corrected chi connectivity index (χ2v) is 9.34. The summed E-state index contributed by atoms with van der Waals surface area (Å²) in [7, 11) is 0. The van der Waals surface area contributed by atoms with E-state index in [1.807, 2.05) is 9.80 Å². The molecule has 6 nitrogen and oxygen atoms in total. The van der Waals surface area contributed by atoms with E-state index in [1.54, 1.807) is 0 Å². The number of hydrogen-bond donors (Lipinski definition) is 0. The molecule has 4 aliphatic rings. The van der Waals surface area contributed by atoms with Crippen LogP contribution in [-0.2, 0) is 17.6 Å². The Morgan fingerprint density at radius 1 is 0.967 bits per heavy atom. The Bertz CT molecular complexity index is 745. The minimum Gasteiger partial charge on any atom is -0.493 e. The van der Waals surface area contributed by atoms with Crippen molar-refractivity contribution in [2.24, 2.45) is 5.92 Å². The first-order chi connectivity index (χ1) is 14.8. The summed E-state index contributed by atoms with van der Waals surface area (Å²) in [5.74, 6) is 1.41. The fourth-order valence-corrected chi connectivity index (χ4v) is 5.24. The zero-order valence-electron chi connectivity index (χ0n) is 18.1. The first-order valence-electron chi connectivity index (χ1n) is 11.9. The maximum absolute atomic E-state index is 12.7. The molecule has 3 fully saturated rings. The van der Waals surface area contributed by atoms with Gasteiger partial charge in [-0.1, -0.05) is 12.5 Å². The molecule has 0 spiro atoms. The van der Waals surface area contributed by atoms with Crippen LogP contribution >= 0.6 is 0 Å². The van der Waals surface area contributed by atoms with Gasteiger partial charge in [-0.2, -0.15) is 0 Å². The molecule has 1 atom stereocenters. The Morgan fingerprint density at radius 3 is 2.53 bits per heavy atom. The Labute approximate surface area is 180 Å². The lowest BCUT2D eigenvalue weighted by atomic mass is 9.91. The van der Waals surface area contributed by atoms with E-state index in [2.05, 4.69) is 23.1 Å². The van der Waals surface area contributed by atoms with Gasteiger partial charge in [-0.25, -0.2) is 4.79 Å². The summed E-state index contributed by atoms with van der Waals surface area (Å²) >= 11 is 0. The van der Waals surface area contributed by atoms with E-state index < -0.39 is 0 Å². The standard InChI is InChI=1S/C24H35N3O3/c28-24(26-12-14-29-15-13-26)27-9-6-19(17-27)18-30-23-5-4-20-7-10-25(22-2-1-3-22)11-8-21(20)16-23/h4-5,16,19,22H,1-3,6-15,17-18H2/t19-/m0/s1. The van der Waals surface area contributed by atoms with E-state index in [1.165, 1.54) is 43.5 Å². The topological polar surface area (TPSA) is 45.3 Å². The van der Waals surface area contributed by atoms with Gasteiger partial charge in [0.2, 0.25) is 0 Å². The molecule has 1 aromatic carbocycles. The normalized spacial score (nSPS) is 25.5. The first-order valence-corrected chi connectivity index (χ1v) is 11.9. The quantitative estimate of drug-likeness (QED) is 0.762. The van der Waals surface area contributed by atoms with E-state index in [0.717, 1.165) is 44.1 Å². The highest BCUT2D eigenvalue weighted by molar-refractivity contribution is 5.74. The second kappa shape index (κ2) is 9.15. The molecule has 1 aliphatic carbocycles. The third-order valence-corrected chi connectivity index (χ3v) is 7.43. The summed E-state index contributed by atoms with van der Waals surface area (Å²) in [5.41, 5.74) is 2.96. The van der Waals surface area contributed by atoms with Gasteiger partial charge in [0, 0.05) is 51.2 Å². The number of benzene rings is 1. The molecule has 0 unspecified atom stereocenters. The van der Waals surface area contributed by atoms with Gasteiger partial charge in [0.25, 0.3) is 0 Å². The minimum absolute atomic E-state index is 0.168. The van der Waals surface area contributed by atoms with E-state index in [4.69, 9.17) is 9.47 Å². The van der Waals surface area contributed by atoms with Crippen molar-refractivity contribution in [3.8, 4) is 5.75 Å². The molecule has 1 saturated carbocycles. The maximum atomic E-state index is 12.7. The first kappa shape index (κ1) is 20.1. The Balaban J connectivity index is 1.11. The van der Waals surface area contributed by atoms with Crippen molar-refractivity contribution in [3.05, 3.63) is 29.3 Å². The number of urea groups is 1. The zero-order valence-corrected chi connectivity index (χ0v) is 18.1. The Morgan fingerprint density at radius 2 is 1.77 bits per heavy atom. The molecule has 2 saturated heterocycles. The summed E-state index contributed by atoms with van der Waals surface area (Å²) < 4.78 is 11.6. The van der Waals surface area contributed by atoms with E-state index in [-0.39, 0.29) is 6.03 Å². The van der Waals surface area contributed by atoms with Gasteiger partial charge in [-0.05, 0) is 55.4 Å². The molecule has 5 rings (SSSR count). The number of ether oxygens (including phenoxy) is 2. The van der Waals surface area contributed by atoms with Gasteiger partial charge in [-0.3, -0.25) is 4.90 Å². The lowest BCUT2D eigenvalue weighted by Gasteiger charge is -2.36. The fraction of sp³-hybridized carbons (Fsp3) is 0.708. The van der Waals surface area contributed by atoms with E-state index >= 15 is 0 Å². The summed E-state index contributed by atoms with van der Waals surface area (Å²) in [4.78, 5) is 19.3. The molecule has 3 heterocycles. The summed E-state index contributed by atoms with van der Waals surface area (Å²) in [6.45, 7) is 7.46. The lowest BCUT2D eigenvalue weighted by molar-refractivity contribution is 0.0447. The maximum Gasteiger partial charge on any atom is 0.320 e. The average Bonchev–Trinajstić information content (AvgIpc) is 3.13. The number of hydrogen-bond acceptors (Lipinski definition) is 4. The largest absolute Gasteiger partial charge is 0.493 e. The highest BCUT2D eigenvalue weighted by Gasteiger charge is 2.30.